The van der Waals surface area contributed by atoms with Crippen LogP contribution in [0.5, 0.6) is 0 Å². The summed E-state index contributed by atoms with van der Waals surface area (Å²) in [6.45, 7) is 4.86. The van der Waals surface area contributed by atoms with Gasteiger partial charge in [-0.15, -0.1) is 10.2 Å². The van der Waals surface area contributed by atoms with Crippen LogP contribution in [0, 0.1) is 6.92 Å². The molecule has 142 valence electrons. The molecule has 4 aromatic rings. The molecule has 1 N–H and O–H groups in total. The summed E-state index contributed by atoms with van der Waals surface area (Å²) in [5, 5.41) is 10.4. The first-order valence-electron chi connectivity index (χ1n) is 9.26. The third-order valence-corrected chi connectivity index (χ3v) is 5.57. The fraction of sp³-hybridized carbons (Fsp3) is 0.238. The zero-order valence-electron chi connectivity index (χ0n) is 15.8. The number of aryl methyl sites for hydroxylation is 1. The Morgan fingerprint density at radius 3 is 2.71 bits per heavy atom. The number of Topliss-reactive ketones (excluding diaryl/α,β-unsaturated/α-hetero) is 1. The standard InChI is InChI=1S/C21H21N5OS/c1-3-12-26-20(15-8-10-22-11-9-15)24-25-21(26)28-13-18(27)19-14(2)23-17-7-5-4-6-16(17)19/h4-11,23H,3,12-13H2,1-2H3. The van der Waals surface area contributed by atoms with Gasteiger partial charge in [-0.3, -0.25) is 9.78 Å². The number of carbonyl (C=O) groups excluding carboxylic acids is 1. The van der Waals surface area contributed by atoms with E-state index in [0.717, 1.165) is 51.7 Å². The smallest absolute Gasteiger partial charge is 0.191 e. The molecule has 0 saturated heterocycles. The molecule has 0 fully saturated rings. The summed E-state index contributed by atoms with van der Waals surface area (Å²) in [6, 6.07) is 11.7. The predicted molar refractivity (Wildman–Crippen MR) is 112 cm³/mol. The molecular weight excluding hydrogens is 370 g/mol. The number of H-pyrrole nitrogens is 1. The SMILES string of the molecule is CCCn1c(SCC(=O)c2c(C)[nH]c3ccccc23)nnc1-c1ccncc1. The van der Waals surface area contributed by atoms with Crippen LogP contribution in [0.4, 0.5) is 0 Å². The third-order valence-electron chi connectivity index (χ3n) is 4.61. The van der Waals surface area contributed by atoms with E-state index in [-0.39, 0.29) is 5.78 Å². The molecule has 1 aromatic carbocycles. The van der Waals surface area contributed by atoms with E-state index in [9.17, 15) is 4.79 Å². The van der Waals surface area contributed by atoms with Crippen LogP contribution in [0.3, 0.4) is 0 Å². The molecule has 4 rings (SSSR count). The fourth-order valence-electron chi connectivity index (χ4n) is 3.37. The topological polar surface area (TPSA) is 76.5 Å². The predicted octanol–water partition coefficient (Wildman–Crippen LogP) is 4.51. The highest BCUT2D eigenvalue weighted by molar-refractivity contribution is 7.99. The van der Waals surface area contributed by atoms with Gasteiger partial charge in [0.15, 0.2) is 16.8 Å². The van der Waals surface area contributed by atoms with E-state index in [1.165, 1.54) is 11.8 Å². The Morgan fingerprint density at radius 1 is 1.14 bits per heavy atom. The number of rotatable bonds is 7. The number of benzene rings is 1. The van der Waals surface area contributed by atoms with Crippen LogP contribution in [0.15, 0.2) is 53.9 Å². The maximum absolute atomic E-state index is 13.0. The molecule has 0 aliphatic heterocycles. The summed E-state index contributed by atoms with van der Waals surface area (Å²) in [5.74, 6) is 1.22. The van der Waals surface area contributed by atoms with Crippen LogP contribution < -0.4 is 0 Å². The number of hydrogen-bond acceptors (Lipinski definition) is 5. The monoisotopic (exact) mass is 391 g/mol. The van der Waals surface area contributed by atoms with Gasteiger partial charge in [0, 0.05) is 46.7 Å². The summed E-state index contributed by atoms with van der Waals surface area (Å²) in [4.78, 5) is 20.3. The number of aromatic amines is 1. The van der Waals surface area contributed by atoms with Crippen molar-refractivity contribution in [1.82, 2.24) is 24.7 Å². The molecule has 3 heterocycles. The van der Waals surface area contributed by atoms with Crippen molar-refractivity contribution < 1.29 is 4.79 Å². The van der Waals surface area contributed by atoms with E-state index in [0.29, 0.717) is 5.75 Å². The molecule has 0 aliphatic rings. The fourth-order valence-corrected chi connectivity index (χ4v) is 4.21. The molecular formula is C21H21N5OS. The second-order valence-corrected chi connectivity index (χ2v) is 7.52. The zero-order chi connectivity index (χ0) is 19.5. The van der Waals surface area contributed by atoms with Crippen molar-refractivity contribution in [2.75, 3.05) is 5.75 Å². The minimum absolute atomic E-state index is 0.0939. The van der Waals surface area contributed by atoms with Gasteiger partial charge >= 0.3 is 0 Å². The molecule has 0 aliphatic carbocycles. The van der Waals surface area contributed by atoms with Crippen molar-refractivity contribution in [2.45, 2.75) is 32.0 Å². The van der Waals surface area contributed by atoms with E-state index in [4.69, 9.17) is 0 Å². The molecule has 3 aromatic heterocycles. The van der Waals surface area contributed by atoms with Gasteiger partial charge in [-0.1, -0.05) is 36.9 Å². The summed E-state index contributed by atoms with van der Waals surface area (Å²) >= 11 is 1.44. The quantitative estimate of drug-likeness (QED) is 0.370. The first kappa shape index (κ1) is 18.4. The minimum atomic E-state index is 0.0939. The number of aromatic nitrogens is 5. The van der Waals surface area contributed by atoms with Crippen LogP contribution in [-0.4, -0.2) is 36.3 Å². The molecule has 28 heavy (non-hydrogen) atoms. The zero-order valence-corrected chi connectivity index (χ0v) is 16.7. The summed E-state index contributed by atoms with van der Waals surface area (Å²) in [7, 11) is 0. The Morgan fingerprint density at radius 2 is 1.93 bits per heavy atom. The second kappa shape index (κ2) is 7.98. The van der Waals surface area contributed by atoms with Gasteiger partial charge < -0.3 is 9.55 Å². The maximum Gasteiger partial charge on any atom is 0.191 e. The number of ketones is 1. The second-order valence-electron chi connectivity index (χ2n) is 6.58. The maximum atomic E-state index is 13.0. The van der Waals surface area contributed by atoms with Crippen molar-refractivity contribution in [1.29, 1.82) is 0 Å². The van der Waals surface area contributed by atoms with Gasteiger partial charge in [0.25, 0.3) is 0 Å². The number of hydrogen-bond donors (Lipinski definition) is 1. The van der Waals surface area contributed by atoms with Gasteiger partial charge in [-0.2, -0.15) is 0 Å². The Balaban J connectivity index is 1.59. The van der Waals surface area contributed by atoms with Crippen molar-refractivity contribution in [3.8, 4) is 11.4 Å². The highest BCUT2D eigenvalue weighted by Crippen LogP contribution is 2.27. The molecule has 7 heteroatoms. The molecule has 0 atom stereocenters. The molecule has 0 saturated carbocycles. The largest absolute Gasteiger partial charge is 0.358 e. The average Bonchev–Trinajstić information content (AvgIpc) is 3.27. The van der Waals surface area contributed by atoms with E-state index < -0.39 is 0 Å². The molecule has 0 bridgehead atoms. The average molecular weight is 392 g/mol. The number of para-hydroxylation sites is 1. The Hall–Kier alpha value is -2.93. The van der Waals surface area contributed by atoms with Gasteiger partial charge in [-0.05, 0) is 31.5 Å². The van der Waals surface area contributed by atoms with Gasteiger partial charge in [0.2, 0.25) is 0 Å². The van der Waals surface area contributed by atoms with Crippen LogP contribution in [0.1, 0.15) is 29.4 Å². The highest BCUT2D eigenvalue weighted by Gasteiger charge is 2.19. The van der Waals surface area contributed by atoms with Crippen molar-refractivity contribution in [3.63, 3.8) is 0 Å². The molecule has 0 radical (unpaired) electrons. The Bertz CT molecular complexity index is 1120. The number of nitrogens with zero attached hydrogens (tertiary/aromatic N) is 4. The lowest BCUT2D eigenvalue weighted by Crippen LogP contribution is -2.06. The molecule has 0 unspecified atom stereocenters. The number of carbonyl (C=O) groups is 1. The number of thioether (sulfide) groups is 1. The van der Waals surface area contributed by atoms with Gasteiger partial charge in [-0.25, -0.2) is 0 Å². The third kappa shape index (κ3) is 3.45. The highest BCUT2D eigenvalue weighted by atomic mass is 32.2. The van der Waals surface area contributed by atoms with Gasteiger partial charge in [0.1, 0.15) is 0 Å². The summed E-state index contributed by atoms with van der Waals surface area (Å²) in [5.41, 5.74) is 3.63. The van der Waals surface area contributed by atoms with E-state index in [1.54, 1.807) is 12.4 Å². The number of pyridine rings is 1. The first-order chi connectivity index (χ1) is 13.7. The van der Waals surface area contributed by atoms with Crippen molar-refractivity contribution in [3.05, 3.63) is 60.0 Å². The minimum Gasteiger partial charge on any atom is -0.358 e. The van der Waals surface area contributed by atoms with E-state index in [2.05, 4.69) is 31.7 Å². The number of nitrogens with one attached hydrogen (secondary N) is 1. The van der Waals surface area contributed by atoms with E-state index in [1.807, 2.05) is 43.3 Å². The summed E-state index contributed by atoms with van der Waals surface area (Å²) < 4.78 is 2.08. The van der Waals surface area contributed by atoms with Crippen LogP contribution in [0.25, 0.3) is 22.3 Å². The van der Waals surface area contributed by atoms with E-state index >= 15 is 0 Å². The van der Waals surface area contributed by atoms with Crippen LogP contribution >= 0.6 is 11.8 Å². The van der Waals surface area contributed by atoms with Gasteiger partial charge in [0.05, 0.1) is 5.75 Å². The first-order valence-corrected chi connectivity index (χ1v) is 10.2. The lowest BCUT2D eigenvalue weighted by Gasteiger charge is -2.08. The Kier molecular flexibility index (Phi) is 5.25. The van der Waals surface area contributed by atoms with Crippen molar-refractivity contribution >= 4 is 28.4 Å². The lowest BCUT2D eigenvalue weighted by atomic mass is 10.1. The summed E-state index contributed by atoms with van der Waals surface area (Å²) in [6.07, 6.45) is 4.45. The van der Waals surface area contributed by atoms with Crippen LogP contribution in [-0.2, 0) is 6.54 Å². The molecule has 0 spiro atoms. The van der Waals surface area contributed by atoms with Crippen LogP contribution in [0.2, 0.25) is 0 Å². The normalized spacial score (nSPS) is 11.2. The number of fused-ring (bicyclic) bond motifs is 1. The molecule has 0 amide bonds. The lowest BCUT2D eigenvalue weighted by molar-refractivity contribution is 0.102. The molecule has 6 nitrogen and oxygen atoms in total. The Labute approximate surface area is 167 Å². The van der Waals surface area contributed by atoms with Crippen molar-refractivity contribution in [2.24, 2.45) is 0 Å².